The Balaban J connectivity index is 1.53. The molecule has 1 aliphatic rings. The topological polar surface area (TPSA) is 56.6 Å². The number of ether oxygens (including phenoxy) is 2. The van der Waals surface area contributed by atoms with Gasteiger partial charge in [-0.1, -0.05) is 12.1 Å². The standard InChI is InChI=1S/C19H23BrFN3O3/c1-19(2,3)27-18(25)23-8-15(21)16(9-23)26-11-13-4-6-14(7-5-13)24-10-17(20)22-12-24/h4-7,10,12,15-16H,8-9,11H2,1-3H3/t15-,16-/m0/s1. The smallest absolute Gasteiger partial charge is 0.410 e. The van der Waals surface area contributed by atoms with Gasteiger partial charge in [-0.2, -0.15) is 0 Å². The molecule has 3 rings (SSSR count). The number of halogens is 2. The number of benzene rings is 1. The highest BCUT2D eigenvalue weighted by Gasteiger charge is 2.38. The first kappa shape index (κ1) is 19.8. The van der Waals surface area contributed by atoms with Crippen LogP contribution in [0.15, 0.2) is 41.4 Å². The molecule has 1 amide bonds. The molecule has 27 heavy (non-hydrogen) atoms. The predicted octanol–water partition coefficient (Wildman–Crippen LogP) is 4.11. The Labute approximate surface area is 166 Å². The van der Waals surface area contributed by atoms with Gasteiger partial charge in [-0.05, 0) is 54.4 Å². The number of hydrogen-bond acceptors (Lipinski definition) is 4. The highest BCUT2D eigenvalue weighted by atomic mass is 79.9. The normalized spacial score (nSPS) is 20.1. The summed E-state index contributed by atoms with van der Waals surface area (Å²) in [6, 6.07) is 7.75. The molecule has 2 heterocycles. The highest BCUT2D eigenvalue weighted by Crippen LogP contribution is 2.21. The monoisotopic (exact) mass is 439 g/mol. The van der Waals surface area contributed by atoms with Gasteiger partial charge < -0.3 is 18.9 Å². The third kappa shape index (κ3) is 5.29. The Morgan fingerprint density at radius 2 is 2.00 bits per heavy atom. The second-order valence-electron chi connectivity index (χ2n) is 7.52. The Morgan fingerprint density at radius 1 is 1.30 bits per heavy atom. The number of nitrogens with zero attached hydrogens (tertiary/aromatic N) is 3. The zero-order valence-corrected chi connectivity index (χ0v) is 17.1. The number of carbonyl (C=O) groups excluding carboxylic acids is 1. The fraction of sp³-hybridized carbons (Fsp3) is 0.474. The Morgan fingerprint density at radius 3 is 2.59 bits per heavy atom. The van der Waals surface area contributed by atoms with E-state index < -0.39 is 24.0 Å². The number of imidazole rings is 1. The van der Waals surface area contributed by atoms with Gasteiger partial charge in [0.2, 0.25) is 0 Å². The molecule has 0 radical (unpaired) electrons. The van der Waals surface area contributed by atoms with Gasteiger partial charge in [0, 0.05) is 11.9 Å². The van der Waals surface area contributed by atoms with Crippen molar-refractivity contribution < 1.29 is 18.7 Å². The van der Waals surface area contributed by atoms with Crippen LogP contribution in [0.4, 0.5) is 9.18 Å². The highest BCUT2D eigenvalue weighted by molar-refractivity contribution is 9.10. The summed E-state index contributed by atoms with van der Waals surface area (Å²) in [6.45, 7) is 5.82. The maximum absolute atomic E-state index is 14.2. The minimum Gasteiger partial charge on any atom is -0.444 e. The lowest BCUT2D eigenvalue weighted by molar-refractivity contribution is 0.00671. The van der Waals surface area contributed by atoms with Crippen LogP contribution in [0.2, 0.25) is 0 Å². The van der Waals surface area contributed by atoms with E-state index in [1.807, 2.05) is 35.0 Å². The van der Waals surface area contributed by atoms with Crippen LogP contribution < -0.4 is 0 Å². The third-order valence-electron chi connectivity index (χ3n) is 4.10. The molecule has 0 spiro atoms. The summed E-state index contributed by atoms with van der Waals surface area (Å²) < 4.78 is 27.9. The molecular formula is C19H23BrFN3O3. The summed E-state index contributed by atoms with van der Waals surface area (Å²) in [5.74, 6) is 0. The lowest BCUT2D eigenvalue weighted by Gasteiger charge is -2.24. The van der Waals surface area contributed by atoms with E-state index in [4.69, 9.17) is 9.47 Å². The largest absolute Gasteiger partial charge is 0.444 e. The van der Waals surface area contributed by atoms with E-state index in [0.717, 1.165) is 15.9 Å². The molecule has 6 nitrogen and oxygen atoms in total. The first-order chi connectivity index (χ1) is 12.7. The fourth-order valence-electron chi connectivity index (χ4n) is 2.77. The van der Waals surface area contributed by atoms with E-state index in [0.29, 0.717) is 0 Å². The quantitative estimate of drug-likeness (QED) is 0.718. The van der Waals surface area contributed by atoms with Gasteiger partial charge in [-0.3, -0.25) is 0 Å². The summed E-state index contributed by atoms with van der Waals surface area (Å²) in [4.78, 5) is 17.6. The molecule has 8 heteroatoms. The Bertz CT molecular complexity index is 788. The van der Waals surface area contributed by atoms with Crippen molar-refractivity contribution in [1.82, 2.24) is 14.5 Å². The van der Waals surface area contributed by atoms with Gasteiger partial charge in [0.15, 0.2) is 0 Å². The maximum Gasteiger partial charge on any atom is 0.410 e. The summed E-state index contributed by atoms with van der Waals surface area (Å²) in [5.41, 5.74) is 1.30. The van der Waals surface area contributed by atoms with Crippen molar-refractivity contribution in [3.8, 4) is 5.69 Å². The van der Waals surface area contributed by atoms with E-state index in [1.54, 1.807) is 27.1 Å². The Kier molecular flexibility index (Phi) is 5.86. The van der Waals surface area contributed by atoms with Gasteiger partial charge >= 0.3 is 6.09 Å². The van der Waals surface area contributed by atoms with Crippen molar-refractivity contribution in [1.29, 1.82) is 0 Å². The zero-order chi connectivity index (χ0) is 19.6. The van der Waals surface area contributed by atoms with E-state index in [1.165, 1.54) is 4.90 Å². The predicted molar refractivity (Wildman–Crippen MR) is 103 cm³/mol. The van der Waals surface area contributed by atoms with Crippen molar-refractivity contribution in [2.45, 2.75) is 45.3 Å². The minimum atomic E-state index is -1.22. The molecule has 1 saturated heterocycles. The molecule has 0 aliphatic carbocycles. The van der Waals surface area contributed by atoms with E-state index in [9.17, 15) is 9.18 Å². The van der Waals surface area contributed by atoms with E-state index >= 15 is 0 Å². The summed E-state index contributed by atoms with van der Waals surface area (Å²) >= 11 is 3.32. The van der Waals surface area contributed by atoms with Crippen LogP contribution in [-0.2, 0) is 16.1 Å². The zero-order valence-electron chi connectivity index (χ0n) is 15.6. The molecule has 1 aromatic carbocycles. The number of amides is 1. The van der Waals surface area contributed by atoms with Crippen molar-refractivity contribution in [2.24, 2.45) is 0 Å². The number of likely N-dealkylation sites (tertiary alicyclic amines) is 1. The number of rotatable bonds is 4. The molecule has 2 atom stereocenters. The first-order valence-electron chi connectivity index (χ1n) is 8.74. The number of hydrogen-bond donors (Lipinski definition) is 0. The van der Waals surface area contributed by atoms with Crippen LogP contribution in [0.5, 0.6) is 0 Å². The number of alkyl halides is 1. The molecule has 146 valence electrons. The van der Waals surface area contributed by atoms with Crippen molar-refractivity contribution in [3.63, 3.8) is 0 Å². The van der Waals surface area contributed by atoms with Gasteiger partial charge in [0.05, 0.1) is 19.7 Å². The molecule has 0 bridgehead atoms. The van der Waals surface area contributed by atoms with Crippen LogP contribution in [0, 0.1) is 0 Å². The molecule has 0 unspecified atom stereocenters. The molecule has 0 N–H and O–H groups in total. The SMILES string of the molecule is CC(C)(C)OC(=O)N1C[C@H](OCc2ccc(-n3cnc(Br)c3)cc2)[C@@H](F)C1. The second kappa shape index (κ2) is 7.98. The second-order valence-corrected chi connectivity index (χ2v) is 8.33. The number of aromatic nitrogens is 2. The maximum atomic E-state index is 14.2. The van der Waals surface area contributed by atoms with Gasteiger partial charge in [-0.15, -0.1) is 0 Å². The van der Waals surface area contributed by atoms with Crippen LogP contribution in [0.3, 0.4) is 0 Å². The minimum absolute atomic E-state index is 0.00593. The van der Waals surface area contributed by atoms with E-state index in [2.05, 4.69) is 20.9 Å². The lowest BCUT2D eigenvalue weighted by Crippen LogP contribution is -2.36. The summed E-state index contributed by atoms with van der Waals surface area (Å²) in [7, 11) is 0. The molecule has 1 fully saturated rings. The molecular weight excluding hydrogens is 417 g/mol. The third-order valence-corrected chi connectivity index (χ3v) is 4.51. The first-order valence-corrected chi connectivity index (χ1v) is 9.53. The summed E-state index contributed by atoms with van der Waals surface area (Å²) in [6.07, 6.45) is 1.20. The van der Waals surface area contributed by atoms with Crippen LogP contribution >= 0.6 is 15.9 Å². The molecule has 2 aromatic rings. The lowest BCUT2D eigenvalue weighted by atomic mass is 10.2. The van der Waals surface area contributed by atoms with Gasteiger partial charge in [0.25, 0.3) is 0 Å². The summed E-state index contributed by atoms with van der Waals surface area (Å²) in [5, 5.41) is 0. The average molecular weight is 440 g/mol. The molecule has 0 saturated carbocycles. The van der Waals surface area contributed by atoms with Crippen LogP contribution in [0.1, 0.15) is 26.3 Å². The van der Waals surface area contributed by atoms with Crippen molar-refractivity contribution in [3.05, 3.63) is 47.0 Å². The van der Waals surface area contributed by atoms with Crippen molar-refractivity contribution in [2.75, 3.05) is 13.1 Å². The van der Waals surface area contributed by atoms with E-state index in [-0.39, 0.29) is 19.7 Å². The average Bonchev–Trinajstić information content (AvgIpc) is 3.18. The van der Waals surface area contributed by atoms with Crippen LogP contribution in [0.25, 0.3) is 5.69 Å². The molecule has 1 aliphatic heterocycles. The van der Waals surface area contributed by atoms with Gasteiger partial charge in [0.1, 0.15) is 28.8 Å². The van der Waals surface area contributed by atoms with Crippen molar-refractivity contribution >= 4 is 22.0 Å². The van der Waals surface area contributed by atoms with Crippen LogP contribution in [-0.4, -0.2) is 51.5 Å². The van der Waals surface area contributed by atoms with Gasteiger partial charge in [-0.25, -0.2) is 14.2 Å². The Hall–Kier alpha value is -1.93. The number of carbonyl (C=O) groups is 1. The fourth-order valence-corrected chi connectivity index (χ4v) is 3.09. The molecule has 1 aromatic heterocycles.